The molecule has 0 saturated heterocycles. The summed E-state index contributed by atoms with van der Waals surface area (Å²) in [7, 11) is -3.65. The number of rotatable bonds is 4. The van der Waals surface area contributed by atoms with Crippen molar-refractivity contribution < 1.29 is 13.2 Å². The van der Waals surface area contributed by atoms with E-state index in [1.807, 2.05) is 0 Å². The fourth-order valence-electron chi connectivity index (χ4n) is 1.08. The molecule has 4 nitrogen and oxygen atoms in total. The predicted octanol–water partition coefficient (Wildman–Crippen LogP) is 1.82. The smallest absolute Gasteiger partial charge is 0.266 e. The zero-order valence-corrected chi connectivity index (χ0v) is 10.3. The first-order chi connectivity index (χ1) is 7.44. The van der Waals surface area contributed by atoms with Crippen molar-refractivity contribution in [3.63, 3.8) is 0 Å². The Kier molecular flexibility index (Phi) is 4.32. The Labute approximate surface area is 99.7 Å². The molecule has 87 valence electrons. The molecule has 0 bridgehead atoms. The standard InChI is InChI=1S/C10H11ClNO3S/c1-2-7-16(14,15)12-10(13)8-3-5-9(11)6-4-8/h3-6H,2,7H2,1H3. The van der Waals surface area contributed by atoms with Crippen LogP contribution in [0.3, 0.4) is 0 Å². The Balaban J connectivity index is 2.77. The summed E-state index contributed by atoms with van der Waals surface area (Å²) in [5, 5.41) is 0.480. The number of sulfonamides is 1. The number of nitrogens with zero attached hydrogens (tertiary/aromatic N) is 1. The molecule has 0 saturated carbocycles. The fraction of sp³-hybridized carbons (Fsp3) is 0.300. The second-order valence-corrected chi connectivity index (χ2v) is 5.38. The second-order valence-electron chi connectivity index (χ2n) is 3.19. The van der Waals surface area contributed by atoms with Crippen LogP contribution in [0.1, 0.15) is 23.7 Å². The van der Waals surface area contributed by atoms with Crippen LogP contribution in [0, 0.1) is 0 Å². The number of carbonyl (C=O) groups excluding carboxylic acids is 1. The number of amides is 1. The van der Waals surface area contributed by atoms with Gasteiger partial charge in [0, 0.05) is 10.6 Å². The van der Waals surface area contributed by atoms with E-state index in [1.54, 1.807) is 6.92 Å². The van der Waals surface area contributed by atoms with Gasteiger partial charge in [0.1, 0.15) is 0 Å². The lowest BCUT2D eigenvalue weighted by Crippen LogP contribution is -2.25. The fourth-order valence-corrected chi connectivity index (χ4v) is 2.17. The molecule has 0 aromatic heterocycles. The first-order valence-electron chi connectivity index (χ1n) is 4.70. The zero-order chi connectivity index (χ0) is 12.2. The Morgan fingerprint density at radius 3 is 2.38 bits per heavy atom. The van der Waals surface area contributed by atoms with E-state index < -0.39 is 15.9 Å². The van der Waals surface area contributed by atoms with Crippen molar-refractivity contribution in [2.24, 2.45) is 0 Å². The van der Waals surface area contributed by atoms with Gasteiger partial charge in [-0.05, 0) is 30.7 Å². The van der Waals surface area contributed by atoms with Gasteiger partial charge in [0.05, 0.1) is 5.75 Å². The summed E-state index contributed by atoms with van der Waals surface area (Å²) in [6.07, 6.45) is 0.430. The highest BCUT2D eigenvalue weighted by molar-refractivity contribution is 7.89. The Morgan fingerprint density at radius 2 is 1.88 bits per heavy atom. The molecule has 0 unspecified atom stereocenters. The summed E-state index contributed by atoms with van der Waals surface area (Å²) in [5.74, 6) is -0.878. The molecule has 0 fully saturated rings. The van der Waals surface area contributed by atoms with Crippen LogP contribution in [0.4, 0.5) is 0 Å². The van der Waals surface area contributed by atoms with Crippen molar-refractivity contribution in [1.29, 1.82) is 0 Å². The SMILES string of the molecule is CCCS(=O)(=O)[N]C(=O)c1ccc(Cl)cc1. The summed E-state index contributed by atoms with van der Waals surface area (Å²) in [5.41, 5.74) is 0.212. The van der Waals surface area contributed by atoms with Gasteiger partial charge in [0.2, 0.25) is 0 Å². The van der Waals surface area contributed by atoms with Crippen LogP contribution in [0.25, 0.3) is 0 Å². The molecular formula is C10H11ClNO3S. The van der Waals surface area contributed by atoms with Gasteiger partial charge in [0.15, 0.2) is 0 Å². The maximum Gasteiger partial charge on any atom is 0.287 e. The normalized spacial score (nSPS) is 11.1. The van der Waals surface area contributed by atoms with E-state index in [2.05, 4.69) is 4.72 Å². The van der Waals surface area contributed by atoms with E-state index in [0.29, 0.717) is 11.4 Å². The molecule has 1 amide bonds. The molecule has 0 atom stereocenters. The zero-order valence-electron chi connectivity index (χ0n) is 8.68. The van der Waals surface area contributed by atoms with Crippen LogP contribution in [0.15, 0.2) is 24.3 Å². The van der Waals surface area contributed by atoms with E-state index in [4.69, 9.17) is 11.6 Å². The molecule has 0 heterocycles. The van der Waals surface area contributed by atoms with E-state index in [9.17, 15) is 13.2 Å². The lowest BCUT2D eigenvalue weighted by atomic mass is 10.2. The van der Waals surface area contributed by atoms with Crippen molar-refractivity contribution in [2.45, 2.75) is 13.3 Å². The average Bonchev–Trinajstić information content (AvgIpc) is 2.17. The number of benzene rings is 1. The molecule has 1 aromatic rings. The number of hydrogen-bond donors (Lipinski definition) is 0. The van der Waals surface area contributed by atoms with Crippen molar-refractivity contribution in [3.8, 4) is 0 Å². The summed E-state index contributed by atoms with van der Waals surface area (Å²) in [6, 6.07) is 5.90. The molecule has 0 spiro atoms. The molecule has 0 N–H and O–H groups in total. The first-order valence-corrected chi connectivity index (χ1v) is 6.69. The molecule has 0 aliphatic rings. The molecule has 0 aliphatic heterocycles. The molecule has 1 radical (unpaired) electrons. The second kappa shape index (κ2) is 5.32. The van der Waals surface area contributed by atoms with Gasteiger partial charge in [-0.15, -0.1) is 4.72 Å². The Morgan fingerprint density at radius 1 is 1.31 bits per heavy atom. The van der Waals surface area contributed by atoms with E-state index >= 15 is 0 Å². The van der Waals surface area contributed by atoms with Gasteiger partial charge < -0.3 is 0 Å². The summed E-state index contributed by atoms with van der Waals surface area (Å²) in [4.78, 5) is 11.5. The Hall–Kier alpha value is -1.07. The van der Waals surface area contributed by atoms with Crippen molar-refractivity contribution >= 4 is 27.5 Å². The van der Waals surface area contributed by atoms with Crippen LogP contribution in [-0.4, -0.2) is 20.1 Å². The predicted molar refractivity (Wildman–Crippen MR) is 62.0 cm³/mol. The van der Waals surface area contributed by atoms with Crippen LogP contribution < -0.4 is 4.72 Å². The van der Waals surface area contributed by atoms with E-state index in [-0.39, 0.29) is 11.3 Å². The average molecular weight is 261 g/mol. The summed E-state index contributed by atoms with van der Waals surface area (Å²) >= 11 is 5.64. The largest absolute Gasteiger partial charge is 0.287 e. The first kappa shape index (κ1) is 13.0. The minimum atomic E-state index is -3.65. The molecule has 1 rings (SSSR count). The Bertz CT molecular complexity index is 467. The molecule has 16 heavy (non-hydrogen) atoms. The lowest BCUT2D eigenvalue weighted by molar-refractivity contribution is 0.0978. The molecule has 1 aromatic carbocycles. The molecule has 0 aliphatic carbocycles. The van der Waals surface area contributed by atoms with Gasteiger partial charge in [-0.1, -0.05) is 18.5 Å². The summed E-state index contributed by atoms with van der Waals surface area (Å²) in [6.45, 7) is 1.71. The third kappa shape index (κ3) is 3.83. The maximum atomic E-state index is 11.5. The van der Waals surface area contributed by atoms with Crippen LogP contribution in [0.5, 0.6) is 0 Å². The van der Waals surface area contributed by atoms with Crippen molar-refractivity contribution in [2.75, 3.05) is 5.75 Å². The van der Waals surface area contributed by atoms with Crippen LogP contribution >= 0.6 is 11.6 Å². The van der Waals surface area contributed by atoms with Gasteiger partial charge in [0.25, 0.3) is 15.9 Å². The summed E-state index contributed by atoms with van der Waals surface area (Å²) < 4.78 is 25.7. The van der Waals surface area contributed by atoms with Crippen molar-refractivity contribution in [1.82, 2.24) is 4.72 Å². The quantitative estimate of drug-likeness (QED) is 0.829. The van der Waals surface area contributed by atoms with Gasteiger partial charge in [-0.3, -0.25) is 4.79 Å². The van der Waals surface area contributed by atoms with Crippen molar-refractivity contribution in [3.05, 3.63) is 34.9 Å². The third-order valence-corrected chi connectivity index (χ3v) is 3.40. The van der Waals surface area contributed by atoms with Crippen LogP contribution in [-0.2, 0) is 10.0 Å². The monoisotopic (exact) mass is 260 g/mol. The topological polar surface area (TPSA) is 65.3 Å². The highest BCUT2D eigenvalue weighted by Gasteiger charge is 2.17. The van der Waals surface area contributed by atoms with Gasteiger partial charge in [-0.25, -0.2) is 8.42 Å². The molecular weight excluding hydrogens is 250 g/mol. The maximum absolute atomic E-state index is 11.5. The highest BCUT2D eigenvalue weighted by atomic mass is 35.5. The van der Waals surface area contributed by atoms with Crippen LogP contribution in [0.2, 0.25) is 5.02 Å². The van der Waals surface area contributed by atoms with E-state index in [0.717, 1.165) is 0 Å². The number of hydrogen-bond acceptors (Lipinski definition) is 3. The highest BCUT2D eigenvalue weighted by Crippen LogP contribution is 2.10. The minimum absolute atomic E-state index is 0.119. The minimum Gasteiger partial charge on any atom is -0.266 e. The van der Waals surface area contributed by atoms with Gasteiger partial charge in [-0.2, -0.15) is 0 Å². The van der Waals surface area contributed by atoms with E-state index in [1.165, 1.54) is 24.3 Å². The number of carbonyl (C=O) groups is 1. The lowest BCUT2D eigenvalue weighted by Gasteiger charge is -2.02. The molecule has 6 heteroatoms. The number of halogens is 1. The third-order valence-electron chi connectivity index (χ3n) is 1.78. The van der Waals surface area contributed by atoms with Gasteiger partial charge >= 0.3 is 0 Å².